The Hall–Kier alpha value is -1.30. The van der Waals surface area contributed by atoms with Crippen molar-refractivity contribution in [3.05, 3.63) is 54.1 Å². The lowest BCUT2D eigenvalue weighted by molar-refractivity contribution is 0.984. The predicted octanol–water partition coefficient (Wildman–Crippen LogP) is 4.45. The van der Waals surface area contributed by atoms with Gasteiger partial charge in [0.1, 0.15) is 0 Å². The Bertz CT molecular complexity index is 317. The van der Waals surface area contributed by atoms with Crippen LogP contribution in [0.1, 0.15) is 32.3 Å². The van der Waals surface area contributed by atoms with Crippen LogP contribution in [-0.4, -0.2) is 0 Å². The summed E-state index contributed by atoms with van der Waals surface area (Å²) in [5.41, 5.74) is 3.92. The fourth-order valence-electron chi connectivity index (χ4n) is 1.35. The number of hydrogen-bond donors (Lipinski definition) is 0. The largest absolute Gasteiger partial charge is 0.100 e. The third kappa shape index (κ3) is 3.61. The number of benzene rings is 1. The van der Waals surface area contributed by atoms with Crippen LogP contribution in [0.2, 0.25) is 0 Å². The van der Waals surface area contributed by atoms with Gasteiger partial charge in [-0.2, -0.15) is 0 Å². The first-order valence-electron chi connectivity index (χ1n) is 5.06. The van der Waals surface area contributed by atoms with Crippen molar-refractivity contribution < 1.29 is 0 Å². The molecule has 0 saturated carbocycles. The Morgan fingerprint density at radius 1 is 1.21 bits per heavy atom. The number of allylic oxidation sites excluding steroid dienone is 3. The van der Waals surface area contributed by atoms with Gasteiger partial charge in [-0.05, 0) is 37.8 Å². The highest BCUT2D eigenvalue weighted by Crippen LogP contribution is 2.14. The third-order valence-electron chi connectivity index (χ3n) is 2.25. The molecule has 0 aromatic heterocycles. The van der Waals surface area contributed by atoms with Crippen molar-refractivity contribution in [3.8, 4) is 0 Å². The van der Waals surface area contributed by atoms with E-state index in [0.717, 1.165) is 12.8 Å². The molecule has 1 aromatic rings. The molecule has 0 aliphatic rings. The van der Waals surface area contributed by atoms with E-state index < -0.39 is 0 Å². The molecule has 0 nitrogen and oxygen atoms in total. The minimum Gasteiger partial charge on any atom is -0.100 e. The van der Waals surface area contributed by atoms with Gasteiger partial charge in [-0.25, -0.2) is 0 Å². The van der Waals surface area contributed by atoms with Gasteiger partial charge in [0.2, 0.25) is 0 Å². The first-order valence-corrected chi connectivity index (χ1v) is 5.06. The van der Waals surface area contributed by atoms with Crippen molar-refractivity contribution in [2.24, 2.45) is 0 Å². The molecule has 0 amide bonds. The van der Waals surface area contributed by atoms with Crippen molar-refractivity contribution in [1.82, 2.24) is 0 Å². The van der Waals surface area contributed by atoms with Crippen LogP contribution in [0.5, 0.6) is 0 Å². The van der Waals surface area contributed by atoms with Gasteiger partial charge < -0.3 is 0 Å². The van der Waals surface area contributed by atoms with Crippen LogP contribution >= 0.6 is 0 Å². The molecule has 0 radical (unpaired) electrons. The topological polar surface area (TPSA) is 0 Å². The fraction of sp³-hybridized carbons (Fsp3) is 0.286. The van der Waals surface area contributed by atoms with Crippen molar-refractivity contribution in [1.29, 1.82) is 0 Å². The van der Waals surface area contributed by atoms with E-state index in [9.17, 15) is 0 Å². The summed E-state index contributed by atoms with van der Waals surface area (Å²) in [7, 11) is 0. The van der Waals surface area contributed by atoms with Crippen LogP contribution in [0.4, 0.5) is 0 Å². The standard InChI is InChI=1S/C14H18/c1-12(2)8-7-9-13(3)14-10-5-4-6-11-14/h4-6,9-11H,1,7-8H2,2-3H3. The summed E-state index contributed by atoms with van der Waals surface area (Å²) in [6.07, 6.45) is 4.46. The lowest BCUT2D eigenvalue weighted by Gasteiger charge is -2.01. The summed E-state index contributed by atoms with van der Waals surface area (Å²) in [6, 6.07) is 10.5. The van der Waals surface area contributed by atoms with Gasteiger partial charge >= 0.3 is 0 Å². The zero-order chi connectivity index (χ0) is 10.4. The molecule has 14 heavy (non-hydrogen) atoms. The zero-order valence-electron chi connectivity index (χ0n) is 9.09. The zero-order valence-corrected chi connectivity index (χ0v) is 9.09. The second-order valence-electron chi connectivity index (χ2n) is 3.75. The normalized spacial score (nSPS) is 11.4. The molecule has 0 saturated heterocycles. The maximum Gasteiger partial charge on any atom is -0.0231 e. The smallest absolute Gasteiger partial charge is 0.0231 e. The van der Waals surface area contributed by atoms with Crippen LogP contribution in [0.15, 0.2) is 48.6 Å². The maximum absolute atomic E-state index is 3.90. The van der Waals surface area contributed by atoms with Crippen molar-refractivity contribution in [2.45, 2.75) is 26.7 Å². The molecule has 0 atom stereocenters. The Morgan fingerprint density at radius 3 is 2.43 bits per heavy atom. The minimum absolute atomic E-state index is 1.09. The van der Waals surface area contributed by atoms with Gasteiger partial charge in [-0.3, -0.25) is 0 Å². The summed E-state index contributed by atoms with van der Waals surface area (Å²) < 4.78 is 0. The highest BCUT2D eigenvalue weighted by Gasteiger charge is 1.92. The summed E-state index contributed by atoms with van der Waals surface area (Å²) >= 11 is 0. The lowest BCUT2D eigenvalue weighted by Crippen LogP contribution is -1.79. The predicted molar refractivity (Wildman–Crippen MR) is 64.1 cm³/mol. The Labute approximate surface area is 87.0 Å². The molecule has 0 spiro atoms. The average molecular weight is 186 g/mol. The van der Waals surface area contributed by atoms with E-state index in [2.05, 4.69) is 50.8 Å². The summed E-state index contributed by atoms with van der Waals surface area (Å²) in [5.74, 6) is 0. The molecule has 0 heterocycles. The number of hydrogen-bond acceptors (Lipinski definition) is 0. The molecule has 0 aliphatic carbocycles. The molecule has 0 N–H and O–H groups in total. The molecule has 0 aliphatic heterocycles. The molecule has 0 unspecified atom stereocenters. The van der Waals surface area contributed by atoms with E-state index in [1.807, 2.05) is 6.07 Å². The van der Waals surface area contributed by atoms with Gasteiger partial charge in [-0.15, -0.1) is 6.58 Å². The molecule has 74 valence electrons. The van der Waals surface area contributed by atoms with E-state index in [1.54, 1.807) is 0 Å². The first-order chi connectivity index (χ1) is 6.70. The first kappa shape index (κ1) is 10.8. The molecular weight excluding hydrogens is 168 g/mol. The molecule has 1 rings (SSSR count). The van der Waals surface area contributed by atoms with Gasteiger partial charge in [0.15, 0.2) is 0 Å². The summed E-state index contributed by atoms with van der Waals surface area (Å²) in [5, 5.41) is 0. The molecule has 0 fully saturated rings. The second-order valence-corrected chi connectivity index (χ2v) is 3.75. The van der Waals surface area contributed by atoms with Crippen LogP contribution in [0.3, 0.4) is 0 Å². The fourth-order valence-corrected chi connectivity index (χ4v) is 1.35. The van der Waals surface area contributed by atoms with Gasteiger partial charge in [0.25, 0.3) is 0 Å². The van der Waals surface area contributed by atoms with Crippen LogP contribution in [0.25, 0.3) is 5.57 Å². The van der Waals surface area contributed by atoms with E-state index >= 15 is 0 Å². The van der Waals surface area contributed by atoms with E-state index in [1.165, 1.54) is 16.7 Å². The quantitative estimate of drug-likeness (QED) is 0.609. The van der Waals surface area contributed by atoms with E-state index in [-0.39, 0.29) is 0 Å². The molecule has 1 aromatic carbocycles. The average Bonchev–Trinajstić information content (AvgIpc) is 2.18. The SMILES string of the molecule is C=C(C)CCC=C(C)c1ccccc1. The van der Waals surface area contributed by atoms with E-state index in [0.29, 0.717) is 0 Å². The minimum atomic E-state index is 1.09. The van der Waals surface area contributed by atoms with Crippen LogP contribution in [0, 0.1) is 0 Å². The highest BCUT2D eigenvalue weighted by atomic mass is 14.0. The lowest BCUT2D eigenvalue weighted by atomic mass is 10.1. The maximum atomic E-state index is 3.90. The number of rotatable bonds is 4. The molecule has 0 heteroatoms. The third-order valence-corrected chi connectivity index (χ3v) is 2.25. The van der Waals surface area contributed by atoms with Crippen molar-refractivity contribution in [3.63, 3.8) is 0 Å². The van der Waals surface area contributed by atoms with Gasteiger partial charge in [-0.1, -0.05) is 42.0 Å². The summed E-state index contributed by atoms with van der Waals surface area (Å²) in [6.45, 7) is 8.13. The van der Waals surface area contributed by atoms with Crippen LogP contribution < -0.4 is 0 Å². The second kappa shape index (κ2) is 5.43. The molecule has 0 bridgehead atoms. The monoisotopic (exact) mass is 186 g/mol. The van der Waals surface area contributed by atoms with Crippen LogP contribution in [-0.2, 0) is 0 Å². The Morgan fingerprint density at radius 2 is 1.86 bits per heavy atom. The van der Waals surface area contributed by atoms with E-state index in [4.69, 9.17) is 0 Å². The summed E-state index contributed by atoms with van der Waals surface area (Å²) in [4.78, 5) is 0. The van der Waals surface area contributed by atoms with Gasteiger partial charge in [0.05, 0.1) is 0 Å². The highest BCUT2D eigenvalue weighted by molar-refractivity contribution is 5.63. The Kier molecular flexibility index (Phi) is 4.18. The molecular formula is C14H18. The Balaban J connectivity index is 2.57. The van der Waals surface area contributed by atoms with Gasteiger partial charge in [0, 0.05) is 0 Å². The van der Waals surface area contributed by atoms with Crippen molar-refractivity contribution in [2.75, 3.05) is 0 Å². The van der Waals surface area contributed by atoms with Crippen molar-refractivity contribution >= 4 is 5.57 Å².